The van der Waals surface area contributed by atoms with Crippen molar-refractivity contribution in [1.29, 1.82) is 0 Å². The Morgan fingerprint density at radius 1 is 1.14 bits per heavy atom. The summed E-state index contributed by atoms with van der Waals surface area (Å²) in [6.45, 7) is 16.1. The van der Waals surface area contributed by atoms with Crippen molar-refractivity contribution in [2.75, 3.05) is 0 Å². The normalized spacial score (nSPS) is 24.1. The molecule has 2 atom stereocenters. The quantitative estimate of drug-likeness (QED) is 0.240. The van der Waals surface area contributed by atoms with E-state index in [2.05, 4.69) is 94.6 Å². The number of unbranched alkanes of at least 4 members (excludes halogenated alkanes) is 1. The minimum Gasteiger partial charge on any atom is -0.333 e. The number of rotatable bonds is 9. The van der Waals surface area contributed by atoms with Gasteiger partial charge >= 0.3 is 0 Å². The molecule has 3 rings (SSSR count). The molecule has 3 aliphatic carbocycles. The molecule has 150 valence electrons. The molecule has 1 nitrogen and oxygen atoms in total. The van der Waals surface area contributed by atoms with Crippen molar-refractivity contribution in [3.05, 3.63) is 71.8 Å². The zero-order valence-corrected chi connectivity index (χ0v) is 18.6. The molecule has 0 bridgehead atoms. The highest BCUT2D eigenvalue weighted by Crippen LogP contribution is 2.45. The zero-order chi connectivity index (χ0) is 20.3. The highest BCUT2D eigenvalue weighted by molar-refractivity contribution is 6.68. The van der Waals surface area contributed by atoms with Gasteiger partial charge in [-0.25, -0.2) is 0 Å². The summed E-state index contributed by atoms with van der Waals surface area (Å²) in [6.07, 6.45) is 23.6. The third kappa shape index (κ3) is 4.38. The van der Waals surface area contributed by atoms with Crippen LogP contribution < -0.4 is 0 Å². The number of allylic oxidation sites excluding steroid dienone is 11. The highest BCUT2D eigenvalue weighted by atomic mass is 15.1. The van der Waals surface area contributed by atoms with Crippen molar-refractivity contribution >= 4 is 6.85 Å². The van der Waals surface area contributed by atoms with Crippen LogP contribution in [0.1, 0.15) is 60.3 Å². The van der Waals surface area contributed by atoms with Gasteiger partial charge in [0.2, 0.25) is 0 Å². The second kappa shape index (κ2) is 9.31. The van der Waals surface area contributed by atoms with Crippen LogP contribution in [0, 0.1) is 11.8 Å². The predicted octanol–water partition coefficient (Wildman–Crippen LogP) is 6.94. The van der Waals surface area contributed by atoms with E-state index in [0.29, 0.717) is 36.6 Å². The maximum atomic E-state index is 3.91. The molecule has 28 heavy (non-hydrogen) atoms. The van der Waals surface area contributed by atoms with E-state index in [4.69, 9.17) is 0 Å². The standard InChI is InChI=1S/C26H38BN/c1-7-8-9-12-22-18-26(25-17-21(6)15-16-24(22)25)27(23-13-10-11-14-23)28(19(2)3)20(4)5/h7,10-11,13-16,18-23H,1,8-9,12,17H2,2-6H3. The molecule has 0 aromatic heterocycles. The molecule has 0 aliphatic heterocycles. The first kappa shape index (κ1) is 21.2. The minimum atomic E-state index is 0.433. The third-order valence-electron chi connectivity index (χ3n) is 6.51. The van der Waals surface area contributed by atoms with Gasteiger partial charge in [-0.1, -0.05) is 88.7 Å². The van der Waals surface area contributed by atoms with Gasteiger partial charge in [-0.3, -0.25) is 0 Å². The van der Waals surface area contributed by atoms with Crippen LogP contribution in [-0.4, -0.2) is 23.7 Å². The smallest absolute Gasteiger partial charge is 0.269 e. The van der Waals surface area contributed by atoms with E-state index >= 15 is 0 Å². The molecule has 0 saturated carbocycles. The molecule has 0 saturated heterocycles. The van der Waals surface area contributed by atoms with Crippen LogP contribution in [0.5, 0.6) is 0 Å². The molecule has 0 fully saturated rings. The Morgan fingerprint density at radius 2 is 1.82 bits per heavy atom. The highest BCUT2D eigenvalue weighted by Gasteiger charge is 2.41. The summed E-state index contributed by atoms with van der Waals surface area (Å²) < 4.78 is 0. The van der Waals surface area contributed by atoms with Crippen LogP contribution in [0.4, 0.5) is 0 Å². The third-order valence-corrected chi connectivity index (χ3v) is 6.51. The van der Waals surface area contributed by atoms with Gasteiger partial charge in [-0.05, 0) is 60.6 Å². The Hall–Kier alpha value is -1.54. The Balaban J connectivity index is 2.01. The van der Waals surface area contributed by atoms with Gasteiger partial charge in [0.1, 0.15) is 0 Å². The minimum absolute atomic E-state index is 0.433. The predicted molar refractivity (Wildman–Crippen MR) is 125 cm³/mol. The number of hydrogen-bond donors (Lipinski definition) is 0. The van der Waals surface area contributed by atoms with E-state index in [9.17, 15) is 0 Å². The largest absolute Gasteiger partial charge is 0.333 e. The molecular formula is C26H38BN. The molecule has 0 aromatic carbocycles. The van der Waals surface area contributed by atoms with Gasteiger partial charge in [0.25, 0.3) is 6.85 Å². The van der Waals surface area contributed by atoms with Crippen LogP contribution in [0.2, 0.25) is 5.82 Å². The van der Waals surface area contributed by atoms with Gasteiger partial charge in [0.15, 0.2) is 0 Å². The summed E-state index contributed by atoms with van der Waals surface area (Å²) in [5.74, 6) is 1.68. The fourth-order valence-electron chi connectivity index (χ4n) is 5.38. The Labute approximate surface area is 173 Å². The van der Waals surface area contributed by atoms with E-state index in [0.717, 1.165) is 6.42 Å². The lowest BCUT2D eigenvalue weighted by Gasteiger charge is -2.40. The molecule has 0 aromatic rings. The Morgan fingerprint density at radius 3 is 2.43 bits per heavy atom. The van der Waals surface area contributed by atoms with Crippen LogP contribution in [0.25, 0.3) is 0 Å². The van der Waals surface area contributed by atoms with Gasteiger partial charge in [0, 0.05) is 5.92 Å². The lowest BCUT2D eigenvalue weighted by molar-refractivity contribution is 0.303. The first-order valence-electron chi connectivity index (χ1n) is 11.3. The van der Waals surface area contributed by atoms with Gasteiger partial charge < -0.3 is 4.81 Å². The van der Waals surface area contributed by atoms with E-state index < -0.39 is 0 Å². The molecule has 3 aliphatic rings. The van der Waals surface area contributed by atoms with Crippen LogP contribution in [-0.2, 0) is 0 Å². The second-order valence-corrected chi connectivity index (χ2v) is 9.35. The van der Waals surface area contributed by atoms with Crippen molar-refractivity contribution in [2.24, 2.45) is 11.8 Å². The monoisotopic (exact) mass is 375 g/mol. The fourth-order valence-corrected chi connectivity index (χ4v) is 5.38. The maximum absolute atomic E-state index is 3.91. The summed E-state index contributed by atoms with van der Waals surface area (Å²) >= 11 is 0. The zero-order valence-electron chi connectivity index (χ0n) is 18.6. The van der Waals surface area contributed by atoms with Crippen molar-refractivity contribution in [2.45, 2.75) is 78.2 Å². The molecule has 0 N–H and O–H groups in total. The molecule has 0 spiro atoms. The summed E-state index contributed by atoms with van der Waals surface area (Å²) in [4.78, 5) is 2.73. The van der Waals surface area contributed by atoms with Crippen LogP contribution in [0.3, 0.4) is 0 Å². The average molecular weight is 375 g/mol. The topological polar surface area (TPSA) is 3.24 Å². The Kier molecular flexibility index (Phi) is 7.04. The van der Waals surface area contributed by atoms with E-state index in [1.54, 1.807) is 16.6 Å². The molecule has 0 amide bonds. The van der Waals surface area contributed by atoms with Crippen LogP contribution >= 0.6 is 0 Å². The lowest BCUT2D eigenvalue weighted by atomic mass is 9.42. The van der Waals surface area contributed by atoms with Gasteiger partial charge in [0.05, 0.1) is 0 Å². The van der Waals surface area contributed by atoms with Gasteiger partial charge in [-0.2, -0.15) is 0 Å². The second-order valence-electron chi connectivity index (χ2n) is 9.35. The Bertz CT molecular complexity index is 699. The van der Waals surface area contributed by atoms with Crippen LogP contribution in [0.15, 0.2) is 71.8 Å². The van der Waals surface area contributed by atoms with Crippen molar-refractivity contribution in [3.63, 3.8) is 0 Å². The van der Waals surface area contributed by atoms with Crippen molar-refractivity contribution < 1.29 is 0 Å². The molecule has 2 unspecified atom stereocenters. The summed E-state index contributed by atoms with van der Waals surface area (Å²) in [6, 6.07) is 1.04. The fraction of sp³-hybridized carbons (Fsp3) is 0.538. The van der Waals surface area contributed by atoms with Crippen molar-refractivity contribution in [1.82, 2.24) is 4.81 Å². The first-order chi connectivity index (χ1) is 13.4. The van der Waals surface area contributed by atoms with E-state index in [1.807, 2.05) is 0 Å². The lowest BCUT2D eigenvalue weighted by Crippen LogP contribution is -2.51. The molecule has 0 heterocycles. The summed E-state index contributed by atoms with van der Waals surface area (Å²) in [5.41, 5.74) is 4.85. The SMILES string of the molecule is C=CCCCC1C=C(B(C2C=CC=C2)N(C(C)C)C(C)C)C2=C1C=CC(C)C2. The van der Waals surface area contributed by atoms with E-state index in [-0.39, 0.29) is 0 Å². The number of nitrogens with zero attached hydrogens (tertiary/aromatic N) is 1. The first-order valence-corrected chi connectivity index (χ1v) is 11.3. The van der Waals surface area contributed by atoms with Gasteiger partial charge in [-0.15, -0.1) is 6.58 Å². The maximum Gasteiger partial charge on any atom is 0.269 e. The van der Waals surface area contributed by atoms with Crippen molar-refractivity contribution in [3.8, 4) is 0 Å². The summed E-state index contributed by atoms with van der Waals surface area (Å²) in [5, 5.41) is 0. The summed E-state index contributed by atoms with van der Waals surface area (Å²) in [7, 11) is 0. The average Bonchev–Trinajstić information content (AvgIpc) is 3.27. The molecular weight excluding hydrogens is 337 g/mol. The van der Waals surface area contributed by atoms with E-state index in [1.165, 1.54) is 19.3 Å². The molecule has 0 radical (unpaired) electrons. The molecule has 2 heteroatoms. The number of hydrogen-bond acceptors (Lipinski definition) is 1.